The number of benzene rings is 2. The first-order chi connectivity index (χ1) is 15.7. The Kier molecular flexibility index (Phi) is 7.15. The third-order valence-corrected chi connectivity index (χ3v) is 6.14. The fourth-order valence-electron chi connectivity index (χ4n) is 4.48. The number of fused-ring (bicyclic) bond motifs is 1. The number of allylic oxidation sites excluding steroid dienone is 1. The summed E-state index contributed by atoms with van der Waals surface area (Å²) < 4.78 is 13.0. The largest absolute Gasteiger partial charge is 0.497 e. The molecule has 1 aliphatic carbocycles. The van der Waals surface area contributed by atoms with Crippen LogP contribution in [0.25, 0.3) is 10.9 Å². The van der Waals surface area contributed by atoms with Crippen LogP contribution in [0.15, 0.2) is 60.3 Å². The van der Waals surface area contributed by atoms with Gasteiger partial charge in [-0.15, -0.1) is 0 Å². The molecule has 0 bridgehead atoms. The van der Waals surface area contributed by atoms with Crippen molar-refractivity contribution in [1.29, 1.82) is 0 Å². The van der Waals surface area contributed by atoms with Gasteiger partial charge in [0.05, 0.1) is 20.6 Å². The number of hydrogen-bond donors (Lipinski definition) is 1. The van der Waals surface area contributed by atoms with Crippen LogP contribution < -0.4 is 14.8 Å². The smallest absolute Gasteiger partial charge is 0.224 e. The zero-order valence-electron chi connectivity index (χ0n) is 19.0. The van der Waals surface area contributed by atoms with E-state index in [-0.39, 0.29) is 5.91 Å². The molecule has 1 amide bonds. The van der Waals surface area contributed by atoms with Gasteiger partial charge < -0.3 is 19.4 Å². The van der Waals surface area contributed by atoms with E-state index in [0.717, 1.165) is 39.9 Å². The Morgan fingerprint density at radius 3 is 2.56 bits per heavy atom. The molecular weight excluding hydrogens is 400 g/mol. The Bertz CT molecular complexity index is 1090. The number of nitrogens with one attached hydrogen (secondary N) is 1. The van der Waals surface area contributed by atoms with Crippen molar-refractivity contribution in [2.75, 3.05) is 20.8 Å². The van der Waals surface area contributed by atoms with Crippen molar-refractivity contribution < 1.29 is 14.3 Å². The summed E-state index contributed by atoms with van der Waals surface area (Å²) in [6.07, 6.45) is 10.7. The maximum atomic E-state index is 12.7. The number of rotatable bonds is 9. The van der Waals surface area contributed by atoms with Crippen LogP contribution in [-0.4, -0.2) is 31.2 Å². The van der Waals surface area contributed by atoms with Crippen LogP contribution in [0.5, 0.6) is 11.5 Å². The number of hydrogen-bond acceptors (Lipinski definition) is 3. The van der Waals surface area contributed by atoms with Crippen molar-refractivity contribution in [3.63, 3.8) is 0 Å². The molecule has 2 aromatic carbocycles. The van der Waals surface area contributed by atoms with Gasteiger partial charge in [0, 0.05) is 36.3 Å². The first-order valence-electron chi connectivity index (χ1n) is 11.4. The van der Waals surface area contributed by atoms with Gasteiger partial charge in [-0.05, 0) is 61.4 Å². The molecule has 1 aromatic heterocycles. The van der Waals surface area contributed by atoms with E-state index in [4.69, 9.17) is 9.47 Å². The minimum atomic E-state index is 0.0763. The van der Waals surface area contributed by atoms with Crippen LogP contribution in [0.4, 0.5) is 0 Å². The van der Waals surface area contributed by atoms with Gasteiger partial charge in [0.25, 0.3) is 0 Å². The van der Waals surface area contributed by atoms with Crippen molar-refractivity contribution in [2.45, 2.75) is 45.1 Å². The maximum Gasteiger partial charge on any atom is 0.224 e. The van der Waals surface area contributed by atoms with Crippen molar-refractivity contribution in [3.8, 4) is 11.5 Å². The highest BCUT2D eigenvalue weighted by Crippen LogP contribution is 2.27. The lowest BCUT2D eigenvalue weighted by atomic mass is 9.97. The fourth-order valence-corrected chi connectivity index (χ4v) is 4.48. The first kappa shape index (κ1) is 22.0. The second kappa shape index (κ2) is 10.4. The van der Waals surface area contributed by atoms with Crippen LogP contribution in [-0.2, 0) is 17.8 Å². The number of amides is 1. The summed E-state index contributed by atoms with van der Waals surface area (Å²) in [5, 5.41) is 4.23. The van der Waals surface area contributed by atoms with Crippen LogP contribution in [0.2, 0.25) is 0 Å². The lowest BCUT2D eigenvalue weighted by Gasteiger charge is -2.12. The fraction of sp³-hybridized carbons (Fsp3) is 0.370. The molecule has 168 valence electrons. The van der Waals surface area contributed by atoms with Gasteiger partial charge in [0.15, 0.2) is 0 Å². The third-order valence-electron chi connectivity index (χ3n) is 6.14. The number of carbonyl (C=O) groups excluding carboxylic acids is 1. The molecule has 0 aliphatic heterocycles. The number of nitrogens with zero attached hydrogens (tertiary/aromatic N) is 1. The Morgan fingerprint density at radius 2 is 1.84 bits per heavy atom. The normalized spacial score (nSPS) is 13.6. The summed E-state index contributed by atoms with van der Waals surface area (Å²) in [7, 11) is 3.32. The summed E-state index contributed by atoms with van der Waals surface area (Å²) in [6.45, 7) is 1.39. The molecule has 5 nitrogen and oxygen atoms in total. The van der Waals surface area contributed by atoms with Crippen molar-refractivity contribution in [2.24, 2.45) is 0 Å². The number of para-hydroxylation sites is 1. The Balaban J connectivity index is 1.48. The quantitative estimate of drug-likeness (QED) is 0.470. The number of carbonyl (C=O) groups is 1. The molecule has 0 unspecified atom stereocenters. The molecule has 0 radical (unpaired) electrons. The molecule has 1 N–H and O–H groups in total. The Morgan fingerprint density at radius 1 is 1.06 bits per heavy atom. The monoisotopic (exact) mass is 432 g/mol. The Hall–Kier alpha value is -3.21. The second-order valence-corrected chi connectivity index (χ2v) is 8.41. The molecule has 1 heterocycles. The van der Waals surface area contributed by atoms with Crippen LogP contribution >= 0.6 is 0 Å². The van der Waals surface area contributed by atoms with Gasteiger partial charge >= 0.3 is 0 Å². The standard InChI is InChI=1S/C27H32N2O3/c1-31-23-14-21(15-24(17-23)32-2)18-29-19-22(25-10-6-7-11-26(25)29)16-27(30)28-13-12-20-8-4-3-5-9-20/h6-8,10-11,14-15,17,19H,3-5,9,12-13,16,18H2,1-2H3,(H,28,30). The topological polar surface area (TPSA) is 52.5 Å². The molecule has 0 saturated heterocycles. The van der Waals surface area contributed by atoms with E-state index in [2.05, 4.69) is 34.3 Å². The van der Waals surface area contributed by atoms with Crippen LogP contribution in [0, 0.1) is 0 Å². The number of methoxy groups -OCH3 is 2. The summed E-state index contributed by atoms with van der Waals surface area (Å²) in [6, 6.07) is 14.2. The van der Waals surface area contributed by atoms with E-state index < -0.39 is 0 Å². The van der Waals surface area contributed by atoms with E-state index in [0.29, 0.717) is 19.5 Å². The van der Waals surface area contributed by atoms with Crippen LogP contribution in [0.3, 0.4) is 0 Å². The van der Waals surface area contributed by atoms with E-state index in [1.54, 1.807) is 14.2 Å². The van der Waals surface area contributed by atoms with Gasteiger partial charge in [-0.1, -0.05) is 29.8 Å². The van der Waals surface area contributed by atoms with Gasteiger partial charge in [-0.25, -0.2) is 0 Å². The van der Waals surface area contributed by atoms with Gasteiger partial charge in [0.1, 0.15) is 11.5 Å². The zero-order valence-corrected chi connectivity index (χ0v) is 19.0. The third kappa shape index (κ3) is 5.34. The highest BCUT2D eigenvalue weighted by Gasteiger charge is 2.13. The lowest BCUT2D eigenvalue weighted by molar-refractivity contribution is -0.120. The zero-order chi connectivity index (χ0) is 22.3. The predicted molar refractivity (Wildman–Crippen MR) is 128 cm³/mol. The van der Waals surface area contributed by atoms with Crippen molar-refractivity contribution in [3.05, 3.63) is 71.4 Å². The molecule has 3 aromatic rings. The van der Waals surface area contributed by atoms with Gasteiger partial charge in [-0.3, -0.25) is 4.79 Å². The van der Waals surface area contributed by atoms with E-state index in [9.17, 15) is 4.79 Å². The van der Waals surface area contributed by atoms with Crippen LogP contribution in [0.1, 0.15) is 43.2 Å². The van der Waals surface area contributed by atoms with Crippen molar-refractivity contribution >= 4 is 16.8 Å². The average Bonchev–Trinajstić information content (AvgIpc) is 3.16. The minimum Gasteiger partial charge on any atom is -0.497 e. The highest BCUT2D eigenvalue weighted by atomic mass is 16.5. The molecule has 4 rings (SSSR count). The summed E-state index contributed by atoms with van der Waals surface area (Å²) >= 11 is 0. The minimum absolute atomic E-state index is 0.0763. The Labute approximate surface area is 190 Å². The number of ether oxygens (including phenoxy) is 2. The molecule has 32 heavy (non-hydrogen) atoms. The second-order valence-electron chi connectivity index (χ2n) is 8.41. The molecular formula is C27H32N2O3. The predicted octanol–water partition coefficient (Wildman–Crippen LogP) is 5.26. The summed E-state index contributed by atoms with van der Waals surface area (Å²) in [5.74, 6) is 1.61. The summed E-state index contributed by atoms with van der Waals surface area (Å²) in [4.78, 5) is 12.7. The van der Waals surface area contributed by atoms with Gasteiger partial charge in [0.2, 0.25) is 5.91 Å². The first-order valence-corrected chi connectivity index (χ1v) is 11.4. The highest BCUT2D eigenvalue weighted by molar-refractivity contribution is 5.89. The SMILES string of the molecule is COc1cc(Cn2cc(CC(=O)NCCC3=CCCCC3)c3ccccc32)cc(OC)c1. The lowest BCUT2D eigenvalue weighted by Crippen LogP contribution is -2.26. The average molecular weight is 433 g/mol. The van der Waals surface area contributed by atoms with E-state index in [1.165, 1.54) is 31.3 Å². The van der Waals surface area contributed by atoms with E-state index >= 15 is 0 Å². The van der Waals surface area contributed by atoms with Crippen molar-refractivity contribution in [1.82, 2.24) is 9.88 Å². The molecule has 0 fully saturated rings. The number of aromatic nitrogens is 1. The van der Waals surface area contributed by atoms with Gasteiger partial charge in [-0.2, -0.15) is 0 Å². The van der Waals surface area contributed by atoms with E-state index in [1.807, 2.05) is 30.3 Å². The molecule has 0 saturated carbocycles. The molecule has 0 spiro atoms. The molecule has 5 heteroatoms. The summed E-state index contributed by atoms with van der Waals surface area (Å²) in [5.41, 5.74) is 4.73. The molecule has 1 aliphatic rings. The maximum absolute atomic E-state index is 12.7. The molecule has 0 atom stereocenters.